The molecule has 4 bridgehead atoms. The minimum atomic E-state index is -0.0674. The van der Waals surface area contributed by atoms with Crippen molar-refractivity contribution in [2.75, 3.05) is 0 Å². The third-order valence-corrected chi connectivity index (χ3v) is 7.55. The first-order valence-corrected chi connectivity index (χ1v) is 10.9. The highest BCUT2D eigenvalue weighted by Crippen LogP contribution is 2.64. The van der Waals surface area contributed by atoms with E-state index in [0.717, 1.165) is 48.6 Å². The molecule has 0 spiro atoms. The molecule has 4 saturated carbocycles. The van der Waals surface area contributed by atoms with Crippen molar-refractivity contribution >= 4 is 23.2 Å². The average molecular weight is 430 g/mol. The van der Waals surface area contributed by atoms with Crippen molar-refractivity contribution in [3.05, 3.63) is 58.2 Å². The van der Waals surface area contributed by atoms with Crippen LogP contribution in [0.25, 0.3) is 0 Å². The summed E-state index contributed by atoms with van der Waals surface area (Å²) in [4.78, 5) is 4.18. The maximum atomic E-state index is 6.26. The number of nitrogens with zero attached hydrogens (tertiary/aromatic N) is 5. The molecule has 2 unspecified atom stereocenters. The van der Waals surface area contributed by atoms with E-state index in [-0.39, 0.29) is 11.0 Å². The van der Waals surface area contributed by atoms with Gasteiger partial charge in [0.1, 0.15) is 6.33 Å². The molecule has 2 aromatic heterocycles. The Bertz CT molecular complexity index is 1060. The molecule has 8 heteroatoms. The Labute approximate surface area is 178 Å². The average Bonchev–Trinajstić information content (AvgIpc) is 3.31. The highest BCUT2D eigenvalue weighted by molar-refractivity contribution is 6.30. The van der Waals surface area contributed by atoms with Crippen LogP contribution < -0.4 is 0 Å². The fourth-order valence-corrected chi connectivity index (χ4v) is 6.90. The Kier molecular flexibility index (Phi) is 3.88. The highest BCUT2D eigenvalue weighted by atomic mass is 35.5. The van der Waals surface area contributed by atoms with E-state index in [1.54, 1.807) is 6.33 Å². The Morgan fingerprint density at radius 2 is 1.93 bits per heavy atom. The molecule has 0 saturated heterocycles. The van der Waals surface area contributed by atoms with E-state index in [1.807, 2.05) is 28.9 Å². The van der Waals surface area contributed by atoms with Crippen molar-refractivity contribution in [1.29, 1.82) is 0 Å². The van der Waals surface area contributed by atoms with Crippen LogP contribution in [0.5, 0.6) is 0 Å². The second kappa shape index (κ2) is 6.29. The van der Waals surface area contributed by atoms with Crippen LogP contribution >= 0.6 is 23.2 Å². The van der Waals surface area contributed by atoms with Gasteiger partial charge in [0.15, 0.2) is 0 Å². The molecular formula is C21H21Cl2N5O. The van der Waals surface area contributed by atoms with Crippen molar-refractivity contribution in [2.24, 2.45) is 11.8 Å². The van der Waals surface area contributed by atoms with Gasteiger partial charge in [0.25, 0.3) is 0 Å². The zero-order chi connectivity index (χ0) is 19.6. The van der Waals surface area contributed by atoms with Crippen LogP contribution in [0.2, 0.25) is 10.3 Å². The van der Waals surface area contributed by atoms with Gasteiger partial charge < -0.3 is 4.42 Å². The first-order valence-electron chi connectivity index (χ1n) is 10.2. The SMILES string of the molecule is Clc1cccc(Cc2nnc(C34C[C@H]5C[C@@H](C3)CC(n3cnc(Cl)n3)(C5)C4)o2)c1. The molecule has 0 N–H and O–H groups in total. The van der Waals surface area contributed by atoms with Crippen LogP contribution in [-0.2, 0) is 17.4 Å². The molecule has 0 amide bonds. The summed E-state index contributed by atoms with van der Waals surface area (Å²) in [7, 11) is 0. The minimum Gasteiger partial charge on any atom is -0.424 e. The largest absolute Gasteiger partial charge is 0.424 e. The number of benzene rings is 1. The zero-order valence-corrected chi connectivity index (χ0v) is 17.4. The number of hydrogen-bond acceptors (Lipinski definition) is 5. The van der Waals surface area contributed by atoms with E-state index in [4.69, 9.17) is 27.6 Å². The lowest BCUT2D eigenvalue weighted by Crippen LogP contribution is -2.58. The summed E-state index contributed by atoms with van der Waals surface area (Å²) in [6, 6.07) is 7.79. The van der Waals surface area contributed by atoms with Crippen molar-refractivity contribution in [2.45, 2.75) is 55.9 Å². The van der Waals surface area contributed by atoms with Gasteiger partial charge in [-0.2, -0.15) is 0 Å². The fourth-order valence-electron chi connectivity index (χ4n) is 6.56. The predicted octanol–water partition coefficient (Wildman–Crippen LogP) is 4.81. The first kappa shape index (κ1) is 17.9. The van der Waals surface area contributed by atoms with Crippen LogP contribution in [0.4, 0.5) is 0 Å². The Hall–Kier alpha value is -1.92. The maximum Gasteiger partial charge on any atom is 0.242 e. The normalized spacial score (nSPS) is 32.8. The van der Waals surface area contributed by atoms with Crippen LogP contribution in [0, 0.1) is 11.8 Å². The predicted molar refractivity (Wildman–Crippen MR) is 108 cm³/mol. The second-order valence-electron chi connectivity index (χ2n) is 9.23. The molecule has 1 aromatic carbocycles. The molecule has 4 aliphatic rings. The van der Waals surface area contributed by atoms with E-state index in [9.17, 15) is 0 Å². The minimum absolute atomic E-state index is 0.0359. The van der Waals surface area contributed by atoms with Gasteiger partial charge in [-0.05, 0) is 79.7 Å². The number of hydrogen-bond donors (Lipinski definition) is 0. The molecular weight excluding hydrogens is 409 g/mol. The molecule has 4 fully saturated rings. The van der Waals surface area contributed by atoms with Crippen LogP contribution in [0.1, 0.15) is 55.9 Å². The Balaban J connectivity index is 1.33. The van der Waals surface area contributed by atoms with Gasteiger partial charge in [-0.15, -0.1) is 15.3 Å². The molecule has 2 heterocycles. The fraction of sp³-hybridized carbons (Fsp3) is 0.524. The van der Waals surface area contributed by atoms with E-state index in [2.05, 4.69) is 20.3 Å². The maximum absolute atomic E-state index is 6.26. The molecule has 4 atom stereocenters. The van der Waals surface area contributed by atoms with Gasteiger partial charge in [-0.25, -0.2) is 9.67 Å². The van der Waals surface area contributed by atoms with E-state index >= 15 is 0 Å². The summed E-state index contributed by atoms with van der Waals surface area (Å²) in [6.07, 6.45) is 9.14. The molecule has 6 nitrogen and oxygen atoms in total. The van der Waals surface area contributed by atoms with Crippen LogP contribution in [0.3, 0.4) is 0 Å². The van der Waals surface area contributed by atoms with Crippen LogP contribution in [0.15, 0.2) is 35.0 Å². The molecule has 0 radical (unpaired) electrons. The van der Waals surface area contributed by atoms with E-state index in [0.29, 0.717) is 29.4 Å². The molecule has 4 aliphatic carbocycles. The van der Waals surface area contributed by atoms with Crippen molar-refractivity contribution in [3.63, 3.8) is 0 Å². The molecule has 7 rings (SSSR count). The summed E-state index contributed by atoms with van der Waals surface area (Å²) >= 11 is 12.2. The number of rotatable bonds is 4. The van der Waals surface area contributed by atoms with Gasteiger partial charge in [0.05, 0.1) is 17.4 Å². The van der Waals surface area contributed by atoms with Gasteiger partial charge in [0, 0.05) is 5.02 Å². The van der Waals surface area contributed by atoms with Gasteiger partial charge in [-0.3, -0.25) is 0 Å². The standard InChI is InChI=1S/C21H21Cl2N5O/c22-16-3-1-2-13(5-16)6-17-25-26-18(29-17)20-7-14-4-15(8-20)10-21(9-14,11-20)28-12-24-19(23)27-28/h1-3,5,12,14-15H,4,6-11H2/t14-,15+,20?,21?. The van der Waals surface area contributed by atoms with Gasteiger partial charge >= 0.3 is 0 Å². The second-order valence-corrected chi connectivity index (χ2v) is 10.0. The first-order chi connectivity index (χ1) is 14.0. The summed E-state index contributed by atoms with van der Waals surface area (Å²) in [5.41, 5.74) is 0.973. The molecule has 29 heavy (non-hydrogen) atoms. The van der Waals surface area contributed by atoms with Gasteiger partial charge in [0.2, 0.25) is 17.1 Å². The zero-order valence-electron chi connectivity index (χ0n) is 15.9. The lowest BCUT2D eigenvalue weighted by Gasteiger charge is -2.60. The van der Waals surface area contributed by atoms with Crippen molar-refractivity contribution in [1.82, 2.24) is 25.0 Å². The topological polar surface area (TPSA) is 69.6 Å². The molecule has 0 aliphatic heterocycles. The summed E-state index contributed by atoms with van der Waals surface area (Å²) < 4.78 is 8.28. The van der Waals surface area contributed by atoms with Crippen molar-refractivity contribution in [3.8, 4) is 0 Å². The summed E-state index contributed by atoms with van der Waals surface area (Å²) in [6.45, 7) is 0. The van der Waals surface area contributed by atoms with E-state index in [1.165, 1.54) is 6.42 Å². The Morgan fingerprint density at radius 3 is 2.66 bits per heavy atom. The van der Waals surface area contributed by atoms with Crippen LogP contribution in [-0.4, -0.2) is 25.0 Å². The smallest absolute Gasteiger partial charge is 0.242 e. The van der Waals surface area contributed by atoms with Crippen molar-refractivity contribution < 1.29 is 4.42 Å². The molecule has 3 aromatic rings. The summed E-state index contributed by atoms with van der Waals surface area (Å²) in [5.74, 6) is 2.75. The highest BCUT2D eigenvalue weighted by Gasteiger charge is 2.61. The lowest BCUT2D eigenvalue weighted by atomic mass is 9.47. The number of halogens is 2. The lowest BCUT2D eigenvalue weighted by molar-refractivity contribution is -0.0775. The summed E-state index contributed by atoms with van der Waals surface area (Å²) in [5, 5.41) is 14.4. The monoisotopic (exact) mass is 429 g/mol. The van der Waals surface area contributed by atoms with Gasteiger partial charge in [-0.1, -0.05) is 23.7 Å². The van der Waals surface area contributed by atoms with E-state index < -0.39 is 0 Å². The Morgan fingerprint density at radius 1 is 1.10 bits per heavy atom. The third kappa shape index (κ3) is 2.91. The number of aromatic nitrogens is 5. The molecule has 150 valence electrons. The quantitative estimate of drug-likeness (QED) is 0.595. The third-order valence-electron chi connectivity index (χ3n) is 7.15.